The van der Waals surface area contributed by atoms with Gasteiger partial charge in [0.15, 0.2) is 0 Å². The zero-order valence-electron chi connectivity index (χ0n) is 19.0. The van der Waals surface area contributed by atoms with Gasteiger partial charge < -0.3 is 0 Å². The summed E-state index contributed by atoms with van der Waals surface area (Å²) >= 11 is 0. The highest BCUT2D eigenvalue weighted by Gasteiger charge is 2.17. The Labute approximate surface area is 203 Å². The Hall–Kier alpha value is -5.33. The summed E-state index contributed by atoms with van der Waals surface area (Å²) in [7, 11) is 0. The largest absolute Gasteiger partial charge is 0.273 e. The summed E-state index contributed by atoms with van der Waals surface area (Å²) in [6.45, 7) is 3.18. The predicted molar refractivity (Wildman–Crippen MR) is 130 cm³/mol. The van der Waals surface area contributed by atoms with Crippen LogP contribution in [0.5, 0.6) is 0 Å². The number of hydrogen-bond donors (Lipinski definition) is 2. The molecule has 0 unspecified atom stereocenters. The Balaban J connectivity index is 1.71. The topological polar surface area (TPSA) is 182 Å². The third-order valence-corrected chi connectivity index (χ3v) is 4.81. The van der Waals surface area contributed by atoms with Gasteiger partial charge in [0.2, 0.25) is 0 Å². The molecule has 0 aliphatic carbocycles. The monoisotopic (exact) mass is 489 g/mol. The molecule has 2 aromatic carbocycles. The molecule has 0 saturated heterocycles. The van der Waals surface area contributed by atoms with Gasteiger partial charge in [-0.2, -0.15) is 10.2 Å². The Kier molecular flexibility index (Phi) is 7.87. The molecule has 3 rings (SSSR count). The number of aromatic nitrogens is 1. The second-order valence-corrected chi connectivity index (χ2v) is 7.36. The highest BCUT2D eigenvalue weighted by Crippen LogP contribution is 2.14. The highest BCUT2D eigenvalue weighted by atomic mass is 16.6. The van der Waals surface area contributed by atoms with Crippen LogP contribution in [0.15, 0.2) is 64.8 Å². The van der Waals surface area contributed by atoms with Gasteiger partial charge in [0.05, 0.1) is 44.8 Å². The van der Waals surface area contributed by atoms with Gasteiger partial charge in [0.25, 0.3) is 23.2 Å². The van der Waals surface area contributed by atoms with Crippen molar-refractivity contribution in [3.05, 3.63) is 108 Å². The standard InChI is InChI=1S/C23H19N7O6/c1-14-20(22(31)27-24-12-16-5-3-7-18(9-16)29(33)34)11-21(15(2)26-14)23(32)28-25-13-17-6-4-8-19(10-17)30(35)36/h3-13H,1-2H3,(H,27,31)(H,28,32)/b24-12-,25-13-. The van der Waals surface area contributed by atoms with Crippen LogP contribution in [0.2, 0.25) is 0 Å². The molecule has 1 heterocycles. The number of aryl methyl sites for hydroxylation is 2. The number of hydrazone groups is 2. The van der Waals surface area contributed by atoms with Gasteiger partial charge in [-0.1, -0.05) is 24.3 Å². The summed E-state index contributed by atoms with van der Waals surface area (Å²) in [5.74, 6) is -1.29. The van der Waals surface area contributed by atoms with Crippen LogP contribution in [0.3, 0.4) is 0 Å². The quantitative estimate of drug-likeness (QED) is 0.277. The van der Waals surface area contributed by atoms with E-state index in [0.717, 1.165) is 0 Å². The molecule has 0 spiro atoms. The SMILES string of the molecule is Cc1nc(C)c(C(=O)N/N=C\c2cccc([N+](=O)[O-])c2)cc1C(=O)N/N=C\c1cccc([N+](=O)[O-])c1. The van der Waals surface area contributed by atoms with E-state index in [2.05, 4.69) is 26.0 Å². The predicted octanol–water partition coefficient (Wildman–Crippen LogP) is 3.04. The summed E-state index contributed by atoms with van der Waals surface area (Å²) in [5, 5.41) is 29.4. The molecule has 0 aliphatic heterocycles. The average Bonchev–Trinajstić information content (AvgIpc) is 2.84. The molecule has 36 heavy (non-hydrogen) atoms. The minimum Gasteiger partial charge on any atom is -0.267 e. The summed E-state index contributed by atoms with van der Waals surface area (Å²) in [5.41, 5.74) is 6.07. The lowest BCUT2D eigenvalue weighted by molar-refractivity contribution is -0.385. The number of hydrogen-bond acceptors (Lipinski definition) is 9. The van der Waals surface area contributed by atoms with E-state index in [1.54, 1.807) is 26.0 Å². The zero-order valence-corrected chi connectivity index (χ0v) is 19.0. The molecule has 0 bridgehead atoms. The molecule has 13 nitrogen and oxygen atoms in total. The Bertz CT molecular complexity index is 1320. The number of benzene rings is 2. The van der Waals surface area contributed by atoms with E-state index in [9.17, 15) is 29.8 Å². The molecular formula is C23H19N7O6. The number of amides is 2. The maximum atomic E-state index is 12.6. The third-order valence-electron chi connectivity index (χ3n) is 4.81. The smallest absolute Gasteiger partial charge is 0.267 e. The molecule has 2 amide bonds. The fourth-order valence-corrected chi connectivity index (χ4v) is 3.07. The lowest BCUT2D eigenvalue weighted by Crippen LogP contribution is -2.23. The van der Waals surface area contributed by atoms with Crippen LogP contribution in [0, 0.1) is 34.1 Å². The van der Waals surface area contributed by atoms with Crippen molar-refractivity contribution in [1.29, 1.82) is 0 Å². The molecule has 0 fully saturated rings. The van der Waals surface area contributed by atoms with Gasteiger partial charge >= 0.3 is 0 Å². The van der Waals surface area contributed by atoms with Gasteiger partial charge in [0.1, 0.15) is 0 Å². The van der Waals surface area contributed by atoms with Crippen LogP contribution in [0.25, 0.3) is 0 Å². The van der Waals surface area contributed by atoms with E-state index < -0.39 is 21.7 Å². The minimum atomic E-state index is -0.643. The number of rotatable bonds is 8. The number of nitro groups is 2. The minimum absolute atomic E-state index is 0.0876. The van der Waals surface area contributed by atoms with Crippen LogP contribution >= 0.6 is 0 Å². The Morgan fingerprint density at radius 3 is 1.58 bits per heavy atom. The maximum Gasteiger partial charge on any atom is 0.273 e. The maximum absolute atomic E-state index is 12.6. The fraction of sp³-hybridized carbons (Fsp3) is 0.0870. The van der Waals surface area contributed by atoms with Crippen LogP contribution in [0.1, 0.15) is 43.2 Å². The van der Waals surface area contributed by atoms with Gasteiger partial charge in [-0.3, -0.25) is 34.8 Å². The molecule has 0 aliphatic rings. The number of non-ortho nitro benzene ring substituents is 2. The molecule has 0 atom stereocenters. The molecule has 3 aromatic rings. The van der Waals surface area contributed by atoms with Crippen molar-refractivity contribution < 1.29 is 19.4 Å². The van der Waals surface area contributed by atoms with Gasteiger partial charge in [-0.05, 0) is 19.9 Å². The summed E-state index contributed by atoms with van der Waals surface area (Å²) in [6, 6.07) is 12.7. The second kappa shape index (κ2) is 11.2. The lowest BCUT2D eigenvalue weighted by Gasteiger charge is -2.09. The molecule has 182 valence electrons. The van der Waals surface area contributed by atoms with Gasteiger partial charge in [0, 0.05) is 35.4 Å². The first-order valence-corrected chi connectivity index (χ1v) is 10.3. The third kappa shape index (κ3) is 6.38. The van der Waals surface area contributed by atoms with E-state index in [-0.39, 0.29) is 22.5 Å². The molecule has 13 heteroatoms. The summed E-state index contributed by atoms with van der Waals surface area (Å²) in [6.07, 6.45) is 2.50. The lowest BCUT2D eigenvalue weighted by atomic mass is 10.1. The van der Waals surface area contributed by atoms with Crippen molar-refractivity contribution in [3.8, 4) is 0 Å². The first-order valence-electron chi connectivity index (χ1n) is 10.3. The number of carbonyl (C=O) groups is 2. The van der Waals surface area contributed by atoms with Gasteiger partial charge in [-0.15, -0.1) is 0 Å². The Morgan fingerprint density at radius 1 is 0.778 bits per heavy atom. The van der Waals surface area contributed by atoms with Crippen LogP contribution in [-0.4, -0.2) is 39.1 Å². The highest BCUT2D eigenvalue weighted by molar-refractivity contribution is 6.01. The number of nitro benzene ring substituents is 2. The summed E-state index contributed by atoms with van der Waals surface area (Å²) in [4.78, 5) is 50.1. The average molecular weight is 489 g/mol. The van der Waals surface area contributed by atoms with E-state index in [0.29, 0.717) is 22.5 Å². The van der Waals surface area contributed by atoms with Gasteiger partial charge in [-0.25, -0.2) is 10.9 Å². The van der Waals surface area contributed by atoms with Crippen LogP contribution in [0.4, 0.5) is 11.4 Å². The van der Waals surface area contributed by atoms with E-state index in [1.165, 1.54) is 54.9 Å². The van der Waals surface area contributed by atoms with Crippen molar-refractivity contribution >= 4 is 35.6 Å². The fourth-order valence-electron chi connectivity index (χ4n) is 3.07. The van der Waals surface area contributed by atoms with Crippen molar-refractivity contribution in [2.45, 2.75) is 13.8 Å². The van der Waals surface area contributed by atoms with Crippen LogP contribution < -0.4 is 10.9 Å². The number of pyridine rings is 1. The van der Waals surface area contributed by atoms with Crippen LogP contribution in [-0.2, 0) is 0 Å². The van der Waals surface area contributed by atoms with Crippen molar-refractivity contribution in [2.75, 3.05) is 0 Å². The second-order valence-electron chi connectivity index (χ2n) is 7.36. The van der Waals surface area contributed by atoms with Crippen molar-refractivity contribution in [1.82, 2.24) is 15.8 Å². The number of nitrogens with one attached hydrogen (secondary N) is 2. The molecule has 0 radical (unpaired) electrons. The normalized spacial score (nSPS) is 10.9. The molecule has 1 aromatic heterocycles. The first kappa shape index (κ1) is 25.3. The Morgan fingerprint density at radius 2 is 1.19 bits per heavy atom. The molecular weight excluding hydrogens is 470 g/mol. The number of carbonyl (C=O) groups excluding carboxylic acids is 2. The van der Waals surface area contributed by atoms with E-state index >= 15 is 0 Å². The van der Waals surface area contributed by atoms with E-state index in [4.69, 9.17) is 0 Å². The van der Waals surface area contributed by atoms with E-state index in [1.807, 2.05) is 0 Å². The van der Waals surface area contributed by atoms with Crippen molar-refractivity contribution in [3.63, 3.8) is 0 Å². The zero-order chi connectivity index (χ0) is 26.2. The molecule has 0 saturated carbocycles. The van der Waals surface area contributed by atoms with Crippen molar-refractivity contribution in [2.24, 2.45) is 10.2 Å². The number of nitrogens with zero attached hydrogens (tertiary/aromatic N) is 5. The first-order chi connectivity index (χ1) is 17.2. The molecule has 2 N–H and O–H groups in total. The summed E-state index contributed by atoms with van der Waals surface area (Å²) < 4.78 is 0.